The highest BCUT2D eigenvalue weighted by molar-refractivity contribution is 7.89. The molecule has 5 unspecified atom stereocenters. The van der Waals surface area contributed by atoms with E-state index in [1.807, 2.05) is 19.1 Å². The first-order chi connectivity index (χ1) is 14.0. The zero-order chi connectivity index (χ0) is 20.4. The van der Waals surface area contributed by atoms with Crippen LogP contribution in [0.1, 0.15) is 31.2 Å². The summed E-state index contributed by atoms with van der Waals surface area (Å²) in [6, 6.07) is 7.97. The third-order valence-corrected chi connectivity index (χ3v) is 8.62. The molecule has 162 valence electrons. The van der Waals surface area contributed by atoms with E-state index in [2.05, 4.69) is 14.5 Å². The molecule has 7 heteroatoms. The van der Waals surface area contributed by atoms with Gasteiger partial charge in [0.2, 0.25) is 10.0 Å². The number of nitrogens with zero attached hydrogens (tertiary/aromatic N) is 2. The van der Waals surface area contributed by atoms with Crippen LogP contribution in [-0.2, 0) is 14.8 Å². The minimum absolute atomic E-state index is 0.318. The Morgan fingerprint density at radius 2 is 1.93 bits per heavy atom. The average Bonchev–Trinajstić information content (AvgIpc) is 3.15. The molecule has 1 aromatic carbocycles. The minimum atomic E-state index is -3.44. The van der Waals surface area contributed by atoms with Crippen LogP contribution in [-0.4, -0.2) is 76.7 Å². The van der Waals surface area contributed by atoms with Crippen molar-refractivity contribution in [1.29, 1.82) is 0 Å². The van der Waals surface area contributed by atoms with E-state index in [9.17, 15) is 8.42 Å². The summed E-state index contributed by atoms with van der Waals surface area (Å²) < 4.78 is 33.6. The molecule has 5 atom stereocenters. The number of aryl methyl sites for hydroxylation is 1. The number of benzene rings is 1. The number of nitrogens with one attached hydrogen (secondary N) is 1. The van der Waals surface area contributed by atoms with E-state index in [0.717, 1.165) is 38.2 Å². The molecule has 0 spiro atoms. The van der Waals surface area contributed by atoms with Gasteiger partial charge in [0, 0.05) is 38.8 Å². The predicted octanol–water partition coefficient (Wildman–Crippen LogP) is 2.09. The van der Waals surface area contributed by atoms with Crippen LogP contribution in [0, 0.1) is 18.8 Å². The molecule has 4 fully saturated rings. The van der Waals surface area contributed by atoms with Crippen molar-refractivity contribution in [3.63, 3.8) is 0 Å². The molecule has 6 nitrogen and oxygen atoms in total. The quantitative estimate of drug-likeness (QED) is 0.697. The third-order valence-electron chi connectivity index (χ3n) is 7.18. The molecular weight excluding hydrogens is 386 g/mol. The van der Waals surface area contributed by atoms with E-state index in [0.29, 0.717) is 35.4 Å². The van der Waals surface area contributed by atoms with E-state index in [-0.39, 0.29) is 0 Å². The topological polar surface area (TPSA) is 61.9 Å². The average molecular weight is 422 g/mol. The lowest BCUT2D eigenvalue weighted by Gasteiger charge is -2.51. The molecule has 4 heterocycles. The molecule has 1 aromatic rings. The zero-order valence-corrected chi connectivity index (χ0v) is 18.5. The van der Waals surface area contributed by atoms with Gasteiger partial charge in [0.25, 0.3) is 0 Å². The highest BCUT2D eigenvalue weighted by Crippen LogP contribution is 2.37. The Hall–Kier alpha value is -0.990. The number of hydrogen-bond donors (Lipinski definition) is 1. The summed E-state index contributed by atoms with van der Waals surface area (Å²) in [5.74, 6) is 1.41. The molecule has 0 radical (unpaired) electrons. The number of methoxy groups -OCH3 is 1. The number of fused-ring (bicyclic) bond motifs is 3. The Morgan fingerprint density at radius 1 is 1.14 bits per heavy atom. The summed E-state index contributed by atoms with van der Waals surface area (Å²) >= 11 is 0. The van der Waals surface area contributed by atoms with E-state index in [1.54, 1.807) is 19.2 Å². The maximum Gasteiger partial charge on any atom is 0.240 e. The Morgan fingerprint density at radius 3 is 2.62 bits per heavy atom. The molecule has 4 aliphatic heterocycles. The molecule has 0 aromatic heterocycles. The molecule has 0 saturated carbocycles. The summed E-state index contributed by atoms with van der Waals surface area (Å²) in [5.41, 5.74) is 1.07. The van der Waals surface area contributed by atoms with Gasteiger partial charge in [-0.1, -0.05) is 17.7 Å². The monoisotopic (exact) mass is 421 g/mol. The zero-order valence-electron chi connectivity index (χ0n) is 17.7. The van der Waals surface area contributed by atoms with E-state index < -0.39 is 10.0 Å². The van der Waals surface area contributed by atoms with Crippen LogP contribution in [0.2, 0.25) is 0 Å². The largest absolute Gasteiger partial charge is 0.383 e. The fraction of sp³-hybridized carbons (Fsp3) is 0.727. The van der Waals surface area contributed by atoms with Gasteiger partial charge in [0.05, 0.1) is 11.5 Å². The predicted molar refractivity (Wildman–Crippen MR) is 114 cm³/mol. The molecule has 0 amide bonds. The van der Waals surface area contributed by atoms with Gasteiger partial charge in [-0.25, -0.2) is 13.1 Å². The lowest BCUT2D eigenvalue weighted by Crippen LogP contribution is -2.58. The highest BCUT2D eigenvalue weighted by Gasteiger charge is 2.41. The van der Waals surface area contributed by atoms with Gasteiger partial charge >= 0.3 is 0 Å². The van der Waals surface area contributed by atoms with Crippen LogP contribution in [0.5, 0.6) is 0 Å². The molecule has 0 aliphatic carbocycles. The second kappa shape index (κ2) is 9.02. The smallest absolute Gasteiger partial charge is 0.240 e. The van der Waals surface area contributed by atoms with Crippen molar-refractivity contribution < 1.29 is 13.2 Å². The Kier molecular flexibility index (Phi) is 6.61. The Balaban J connectivity index is 1.32. The van der Waals surface area contributed by atoms with Crippen LogP contribution in [0.25, 0.3) is 0 Å². The summed E-state index contributed by atoms with van der Waals surface area (Å²) in [6.07, 6.45) is 4.87. The second-order valence-corrected chi connectivity index (χ2v) is 10.9. The van der Waals surface area contributed by atoms with E-state index in [4.69, 9.17) is 4.74 Å². The Bertz CT molecular complexity index is 783. The van der Waals surface area contributed by atoms with Gasteiger partial charge in [0.1, 0.15) is 0 Å². The Labute approximate surface area is 175 Å². The number of rotatable bonds is 8. The van der Waals surface area contributed by atoms with Crippen LogP contribution >= 0.6 is 0 Å². The molecule has 4 aliphatic rings. The molecule has 5 rings (SSSR count). The molecule has 4 saturated heterocycles. The molecule has 29 heavy (non-hydrogen) atoms. The fourth-order valence-electron chi connectivity index (χ4n) is 5.49. The van der Waals surface area contributed by atoms with Gasteiger partial charge in [-0.15, -0.1) is 0 Å². The first-order valence-electron chi connectivity index (χ1n) is 11.0. The van der Waals surface area contributed by atoms with Crippen molar-refractivity contribution in [3.8, 4) is 0 Å². The summed E-state index contributed by atoms with van der Waals surface area (Å²) in [5, 5.41) is 0. The van der Waals surface area contributed by atoms with Crippen LogP contribution < -0.4 is 4.72 Å². The normalized spacial score (nSPS) is 32.7. The number of likely N-dealkylation sites (tertiary alicyclic amines) is 1. The minimum Gasteiger partial charge on any atom is -0.383 e. The number of piperidine rings is 3. The summed E-state index contributed by atoms with van der Waals surface area (Å²) in [7, 11) is -1.64. The molecule has 2 bridgehead atoms. The second-order valence-electron chi connectivity index (χ2n) is 9.10. The number of ether oxygens (including phenoxy) is 1. The van der Waals surface area contributed by atoms with Gasteiger partial charge < -0.3 is 4.74 Å². The molecular formula is C22H35N3O3S. The van der Waals surface area contributed by atoms with Gasteiger partial charge in [-0.3, -0.25) is 9.80 Å². The van der Waals surface area contributed by atoms with Crippen LogP contribution in [0.3, 0.4) is 0 Å². The lowest BCUT2D eigenvalue weighted by molar-refractivity contribution is -0.0156. The van der Waals surface area contributed by atoms with Crippen molar-refractivity contribution in [1.82, 2.24) is 14.5 Å². The number of hydrogen-bond acceptors (Lipinski definition) is 5. The maximum absolute atomic E-state index is 12.6. The van der Waals surface area contributed by atoms with Crippen molar-refractivity contribution in [2.24, 2.45) is 11.8 Å². The van der Waals surface area contributed by atoms with Crippen LogP contribution in [0.4, 0.5) is 0 Å². The van der Waals surface area contributed by atoms with Crippen molar-refractivity contribution in [2.75, 3.05) is 46.4 Å². The van der Waals surface area contributed by atoms with Gasteiger partial charge in [-0.2, -0.15) is 0 Å². The van der Waals surface area contributed by atoms with Crippen molar-refractivity contribution in [3.05, 3.63) is 29.8 Å². The lowest BCUT2D eigenvalue weighted by atomic mass is 9.75. The molecule has 1 N–H and O–H groups in total. The first kappa shape index (κ1) is 21.2. The third kappa shape index (κ3) is 4.85. The van der Waals surface area contributed by atoms with Crippen LogP contribution in [0.15, 0.2) is 29.2 Å². The van der Waals surface area contributed by atoms with Crippen molar-refractivity contribution in [2.45, 2.75) is 49.6 Å². The van der Waals surface area contributed by atoms with Gasteiger partial charge in [0.15, 0.2) is 0 Å². The van der Waals surface area contributed by atoms with Crippen molar-refractivity contribution >= 4 is 10.0 Å². The van der Waals surface area contributed by atoms with E-state index in [1.165, 1.54) is 25.8 Å². The standard InChI is InChI=1S/C22H35N3O3S/c1-17-5-7-22(8-6-17)29(26,27)23-13-21-12-18-9-11-25(21)15-19(18)14-24-10-3-4-20(24)16-28-2/h5-8,18-21,23H,3-4,9-16H2,1-2H3. The van der Waals surface area contributed by atoms with Gasteiger partial charge in [-0.05, 0) is 69.7 Å². The maximum atomic E-state index is 12.6. The van der Waals surface area contributed by atoms with E-state index >= 15 is 0 Å². The SMILES string of the molecule is COCC1CCCN1CC1CN2CCC1CC2CNS(=O)(=O)c1ccc(C)cc1. The summed E-state index contributed by atoms with van der Waals surface area (Å²) in [6.45, 7) is 7.86. The first-order valence-corrected chi connectivity index (χ1v) is 12.5. The summed E-state index contributed by atoms with van der Waals surface area (Å²) in [4.78, 5) is 5.50. The number of sulfonamides is 1. The highest BCUT2D eigenvalue weighted by atomic mass is 32.2. The fourth-order valence-corrected chi connectivity index (χ4v) is 6.57.